The zero-order valence-electron chi connectivity index (χ0n) is 14.3. The number of hydrogen-bond acceptors (Lipinski definition) is 3. The summed E-state index contributed by atoms with van der Waals surface area (Å²) in [5, 5.41) is 6.78. The molecule has 1 heterocycles. The fourth-order valence-electron chi connectivity index (χ4n) is 4.76. The molecule has 2 aliphatic carbocycles. The van der Waals surface area contributed by atoms with Crippen LogP contribution in [-0.4, -0.2) is 35.0 Å². The molecule has 6 heteroatoms. The predicted molar refractivity (Wildman–Crippen MR) is 89.2 cm³/mol. The molecule has 0 aromatic heterocycles. The van der Waals surface area contributed by atoms with Gasteiger partial charge in [0.1, 0.15) is 5.56 Å². The van der Waals surface area contributed by atoms with Gasteiger partial charge in [-0.3, -0.25) is 9.59 Å². The van der Waals surface area contributed by atoms with Gasteiger partial charge in [-0.15, -0.1) is 0 Å². The first-order valence-corrected chi connectivity index (χ1v) is 8.99. The summed E-state index contributed by atoms with van der Waals surface area (Å²) in [6.07, 6.45) is 5.06. The number of nitrogens with zero attached hydrogens (tertiary/aromatic N) is 2. The summed E-state index contributed by atoms with van der Waals surface area (Å²) in [6, 6.07) is 6.65. The second-order valence-corrected chi connectivity index (χ2v) is 7.51. The maximum Gasteiger partial charge on any atom is 0.445 e. The molecule has 4 unspecified atom stereocenters. The first-order chi connectivity index (χ1) is 12.0. The van der Waals surface area contributed by atoms with Crippen molar-refractivity contribution in [2.24, 2.45) is 22.9 Å². The Morgan fingerprint density at radius 3 is 2.68 bits per heavy atom. The molecule has 3 amide bonds. The number of fused-ring (bicyclic) bond motifs is 3. The molecule has 4 rings (SSSR count). The Hall–Kier alpha value is -2.37. The van der Waals surface area contributed by atoms with Crippen molar-refractivity contribution >= 4 is 17.7 Å². The SMILES string of the molecule is CC(NC(=O)C[N+]1=NC(=O)c2ccccc2C1=O)C1CC2CCC1C2. The number of hydrogen-bond donors (Lipinski definition) is 1. The van der Waals surface area contributed by atoms with Gasteiger partial charge < -0.3 is 5.32 Å². The summed E-state index contributed by atoms with van der Waals surface area (Å²) in [7, 11) is 0. The van der Waals surface area contributed by atoms with Crippen molar-refractivity contribution in [3.05, 3.63) is 35.4 Å². The van der Waals surface area contributed by atoms with Crippen LogP contribution >= 0.6 is 0 Å². The largest absolute Gasteiger partial charge is 0.445 e. The van der Waals surface area contributed by atoms with Crippen LogP contribution in [0.3, 0.4) is 0 Å². The molecule has 0 saturated heterocycles. The van der Waals surface area contributed by atoms with E-state index < -0.39 is 11.8 Å². The molecule has 2 saturated carbocycles. The lowest BCUT2D eigenvalue weighted by atomic mass is 9.84. The summed E-state index contributed by atoms with van der Waals surface area (Å²) >= 11 is 0. The van der Waals surface area contributed by atoms with Crippen LogP contribution < -0.4 is 5.32 Å². The lowest BCUT2D eigenvalue weighted by molar-refractivity contribution is -0.483. The number of nitrogens with one attached hydrogen (secondary N) is 1. The van der Waals surface area contributed by atoms with Crippen molar-refractivity contribution in [3.8, 4) is 0 Å². The van der Waals surface area contributed by atoms with Crippen LogP contribution in [0, 0.1) is 17.8 Å². The highest BCUT2D eigenvalue weighted by Crippen LogP contribution is 2.49. The third-order valence-corrected chi connectivity index (χ3v) is 5.95. The van der Waals surface area contributed by atoms with E-state index >= 15 is 0 Å². The molecule has 1 N–H and O–H groups in total. The van der Waals surface area contributed by atoms with Gasteiger partial charge >= 0.3 is 11.8 Å². The van der Waals surface area contributed by atoms with Crippen LogP contribution in [0.2, 0.25) is 0 Å². The first kappa shape index (κ1) is 16.1. The topological polar surface area (TPSA) is 78.6 Å². The van der Waals surface area contributed by atoms with Crippen LogP contribution in [0.25, 0.3) is 0 Å². The molecular weight excluding hydrogens is 318 g/mol. The second-order valence-electron chi connectivity index (χ2n) is 7.51. The van der Waals surface area contributed by atoms with Crippen molar-refractivity contribution in [1.82, 2.24) is 5.32 Å². The van der Waals surface area contributed by atoms with Crippen LogP contribution in [0.15, 0.2) is 29.4 Å². The molecule has 0 radical (unpaired) electrons. The number of amides is 3. The van der Waals surface area contributed by atoms with Gasteiger partial charge in [-0.25, -0.2) is 4.79 Å². The molecular formula is C19H22N3O3+. The van der Waals surface area contributed by atoms with Crippen LogP contribution in [-0.2, 0) is 4.79 Å². The van der Waals surface area contributed by atoms with Gasteiger partial charge in [-0.1, -0.05) is 18.6 Å². The lowest BCUT2D eigenvalue weighted by Crippen LogP contribution is -2.44. The van der Waals surface area contributed by atoms with Crippen molar-refractivity contribution in [1.29, 1.82) is 0 Å². The smallest absolute Gasteiger partial charge is 0.348 e. The predicted octanol–water partition coefficient (Wildman–Crippen LogP) is 2.39. The van der Waals surface area contributed by atoms with Gasteiger partial charge in [0.2, 0.25) is 0 Å². The van der Waals surface area contributed by atoms with Gasteiger partial charge in [-0.2, -0.15) is 0 Å². The third-order valence-electron chi connectivity index (χ3n) is 5.95. The van der Waals surface area contributed by atoms with Gasteiger partial charge in [0.05, 0.1) is 5.56 Å². The first-order valence-electron chi connectivity index (χ1n) is 8.99. The van der Waals surface area contributed by atoms with Gasteiger partial charge in [0.25, 0.3) is 12.5 Å². The van der Waals surface area contributed by atoms with E-state index in [1.165, 1.54) is 25.7 Å². The highest BCUT2D eigenvalue weighted by molar-refractivity contribution is 6.07. The Kier molecular flexibility index (Phi) is 3.98. The minimum absolute atomic E-state index is 0.0886. The summed E-state index contributed by atoms with van der Waals surface area (Å²) in [4.78, 5) is 36.9. The Morgan fingerprint density at radius 2 is 2.00 bits per heavy atom. The van der Waals surface area contributed by atoms with E-state index in [4.69, 9.17) is 0 Å². The normalized spacial score (nSPS) is 28.5. The standard InChI is InChI=1S/C19H21N3O3/c1-11(16-9-12-6-7-13(16)8-12)20-17(23)10-22-19(25)15-5-3-2-4-14(15)18(24)21-22/h2-5,11-13,16H,6-10H2,1H3/p+1. The van der Waals surface area contributed by atoms with Crippen LogP contribution in [0.5, 0.6) is 0 Å². The zero-order chi connectivity index (χ0) is 17.6. The van der Waals surface area contributed by atoms with Crippen molar-refractivity contribution in [3.63, 3.8) is 0 Å². The average molecular weight is 340 g/mol. The van der Waals surface area contributed by atoms with Gasteiger partial charge in [0.15, 0.2) is 0 Å². The van der Waals surface area contributed by atoms with Crippen molar-refractivity contribution < 1.29 is 19.1 Å². The maximum atomic E-state index is 12.4. The van der Waals surface area contributed by atoms with Crippen molar-refractivity contribution in [2.75, 3.05) is 6.54 Å². The molecule has 4 atom stereocenters. The lowest BCUT2D eigenvalue weighted by Gasteiger charge is -2.28. The van der Waals surface area contributed by atoms with E-state index in [0.29, 0.717) is 17.0 Å². The average Bonchev–Trinajstić information content (AvgIpc) is 3.22. The molecule has 1 aromatic carbocycles. The summed E-state index contributed by atoms with van der Waals surface area (Å²) in [5.41, 5.74) is 0.593. The number of carbonyl (C=O) groups is 3. The second kappa shape index (κ2) is 6.17. The van der Waals surface area contributed by atoms with Crippen molar-refractivity contribution in [2.45, 2.75) is 38.6 Å². The molecule has 3 aliphatic rings. The maximum absolute atomic E-state index is 12.4. The zero-order valence-corrected chi connectivity index (χ0v) is 14.3. The fourth-order valence-corrected chi connectivity index (χ4v) is 4.76. The number of rotatable bonds is 4. The highest BCUT2D eigenvalue weighted by atomic mass is 16.2. The van der Waals surface area contributed by atoms with Crippen LogP contribution in [0.4, 0.5) is 0 Å². The molecule has 0 spiro atoms. The summed E-state index contributed by atoms with van der Waals surface area (Å²) in [6.45, 7) is 1.82. The molecule has 2 bridgehead atoms. The minimum Gasteiger partial charge on any atom is -0.348 e. The van der Waals surface area contributed by atoms with Gasteiger partial charge in [-0.05, 0) is 60.8 Å². The fraction of sp³-hybridized carbons (Fsp3) is 0.526. The molecule has 130 valence electrons. The Balaban J connectivity index is 1.41. The monoisotopic (exact) mass is 340 g/mol. The molecule has 6 nitrogen and oxygen atoms in total. The van der Waals surface area contributed by atoms with Crippen LogP contribution in [0.1, 0.15) is 53.3 Å². The van der Waals surface area contributed by atoms with E-state index in [-0.39, 0.29) is 18.5 Å². The molecule has 1 aromatic rings. The number of carbonyl (C=O) groups excluding carboxylic acids is 3. The number of azo groups is 2. The van der Waals surface area contributed by atoms with E-state index in [2.05, 4.69) is 10.4 Å². The molecule has 2 fully saturated rings. The highest BCUT2D eigenvalue weighted by Gasteiger charge is 2.42. The van der Waals surface area contributed by atoms with E-state index in [1.807, 2.05) is 6.92 Å². The third kappa shape index (κ3) is 2.90. The van der Waals surface area contributed by atoms with E-state index in [0.717, 1.165) is 16.5 Å². The molecule has 1 aliphatic heterocycles. The Morgan fingerprint density at radius 1 is 1.24 bits per heavy atom. The summed E-state index contributed by atoms with van der Waals surface area (Å²) < 4.78 is 0.980. The van der Waals surface area contributed by atoms with E-state index in [9.17, 15) is 14.4 Å². The Labute approximate surface area is 146 Å². The molecule has 25 heavy (non-hydrogen) atoms. The quantitative estimate of drug-likeness (QED) is 0.855. The van der Waals surface area contributed by atoms with Gasteiger partial charge in [0, 0.05) is 11.2 Å². The minimum atomic E-state index is -0.482. The number of benzene rings is 1. The summed E-state index contributed by atoms with van der Waals surface area (Å²) in [5.74, 6) is 0.915. The Bertz CT molecular complexity index is 786. The van der Waals surface area contributed by atoms with E-state index in [1.54, 1.807) is 24.3 Å².